The molecule has 114 valence electrons. The molecule has 0 amide bonds. The highest BCUT2D eigenvalue weighted by Crippen LogP contribution is 2.35. The Hall–Kier alpha value is -0.450. The first-order valence-electron chi connectivity index (χ1n) is 7.67. The van der Waals surface area contributed by atoms with Crippen molar-refractivity contribution in [3.05, 3.63) is 16.1 Å². The van der Waals surface area contributed by atoms with Crippen molar-refractivity contribution in [2.24, 2.45) is 5.41 Å². The molecule has 1 aliphatic rings. The normalized spacial score (nSPS) is 20.2. The first-order chi connectivity index (χ1) is 9.38. The number of thiazole rings is 1. The van der Waals surface area contributed by atoms with Crippen LogP contribution in [0.2, 0.25) is 0 Å². The van der Waals surface area contributed by atoms with Gasteiger partial charge in [-0.05, 0) is 37.8 Å². The number of aliphatic hydroxyl groups excluding tert-OH is 1. The third kappa shape index (κ3) is 3.60. The maximum Gasteiger partial charge on any atom is 0.0981 e. The smallest absolute Gasteiger partial charge is 0.0981 e. The van der Waals surface area contributed by atoms with Crippen molar-refractivity contribution in [3.8, 4) is 0 Å². The lowest BCUT2D eigenvalue weighted by molar-refractivity contribution is 0.0385. The van der Waals surface area contributed by atoms with Crippen LogP contribution in [0, 0.1) is 5.41 Å². The summed E-state index contributed by atoms with van der Waals surface area (Å²) >= 11 is 1.84. The molecule has 1 saturated heterocycles. The number of piperidine rings is 1. The third-order valence-electron chi connectivity index (χ3n) is 4.58. The number of likely N-dealkylation sites (tertiary alicyclic amines) is 1. The molecule has 0 aromatic carbocycles. The van der Waals surface area contributed by atoms with Crippen LogP contribution in [0.15, 0.2) is 6.20 Å². The van der Waals surface area contributed by atoms with E-state index in [1.54, 1.807) is 0 Å². The number of aliphatic hydroxyl groups is 1. The number of hydrogen-bond acceptors (Lipinski definition) is 4. The van der Waals surface area contributed by atoms with E-state index in [2.05, 4.69) is 37.6 Å². The molecule has 0 radical (unpaired) electrons. The van der Waals surface area contributed by atoms with Gasteiger partial charge in [0.25, 0.3) is 0 Å². The highest BCUT2D eigenvalue weighted by molar-refractivity contribution is 7.11. The minimum absolute atomic E-state index is 0.152. The largest absolute Gasteiger partial charge is 0.396 e. The van der Waals surface area contributed by atoms with Gasteiger partial charge in [-0.25, -0.2) is 4.98 Å². The Morgan fingerprint density at radius 2 is 2.00 bits per heavy atom. The first kappa shape index (κ1) is 15.9. The fourth-order valence-electron chi connectivity index (χ4n) is 2.76. The quantitative estimate of drug-likeness (QED) is 0.925. The van der Waals surface area contributed by atoms with Crippen LogP contribution in [0.5, 0.6) is 0 Å². The molecule has 1 aromatic heterocycles. The minimum atomic E-state index is 0.152. The Kier molecular flexibility index (Phi) is 4.88. The SMILES string of the molecule is CCC1(CO)CCN(Cc2cnc(C(C)(C)C)s2)CC1. The second-order valence-corrected chi connectivity index (χ2v) is 8.28. The monoisotopic (exact) mass is 296 g/mol. The van der Waals surface area contributed by atoms with Gasteiger partial charge in [0.05, 0.1) is 5.01 Å². The van der Waals surface area contributed by atoms with E-state index in [-0.39, 0.29) is 10.8 Å². The summed E-state index contributed by atoms with van der Waals surface area (Å²) in [6.07, 6.45) is 5.36. The maximum absolute atomic E-state index is 9.58. The fourth-order valence-corrected chi connectivity index (χ4v) is 3.77. The second kappa shape index (κ2) is 6.12. The molecule has 0 spiro atoms. The predicted molar refractivity (Wildman–Crippen MR) is 85.1 cm³/mol. The summed E-state index contributed by atoms with van der Waals surface area (Å²) in [6, 6.07) is 0. The Morgan fingerprint density at radius 3 is 2.45 bits per heavy atom. The van der Waals surface area contributed by atoms with E-state index >= 15 is 0 Å². The van der Waals surface area contributed by atoms with Crippen molar-refractivity contribution in [2.45, 2.75) is 58.9 Å². The van der Waals surface area contributed by atoms with E-state index in [9.17, 15) is 5.11 Å². The zero-order chi connectivity index (χ0) is 14.8. The predicted octanol–water partition coefficient (Wildman–Crippen LogP) is 3.43. The molecule has 3 nitrogen and oxygen atoms in total. The van der Waals surface area contributed by atoms with Crippen LogP contribution in [-0.4, -0.2) is 34.7 Å². The lowest BCUT2D eigenvalue weighted by atomic mass is 9.77. The van der Waals surface area contributed by atoms with Crippen molar-refractivity contribution in [1.29, 1.82) is 0 Å². The van der Waals surface area contributed by atoms with E-state index in [1.165, 1.54) is 9.88 Å². The van der Waals surface area contributed by atoms with E-state index in [0.29, 0.717) is 6.61 Å². The van der Waals surface area contributed by atoms with E-state index in [0.717, 1.165) is 38.9 Å². The minimum Gasteiger partial charge on any atom is -0.396 e. The molecular weight excluding hydrogens is 268 g/mol. The molecule has 0 saturated carbocycles. The van der Waals surface area contributed by atoms with Crippen molar-refractivity contribution >= 4 is 11.3 Å². The summed E-state index contributed by atoms with van der Waals surface area (Å²) in [7, 11) is 0. The fraction of sp³-hybridized carbons (Fsp3) is 0.812. The van der Waals surface area contributed by atoms with Gasteiger partial charge in [-0.3, -0.25) is 4.90 Å². The maximum atomic E-state index is 9.58. The molecule has 1 aliphatic heterocycles. The van der Waals surface area contributed by atoms with Gasteiger partial charge >= 0.3 is 0 Å². The highest BCUT2D eigenvalue weighted by Gasteiger charge is 2.32. The molecule has 20 heavy (non-hydrogen) atoms. The molecule has 2 heterocycles. The Bertz CT molecular complexity index is 422. The summed E-state index contributed by atoms with van der Waals surface area (Å²) in [6.45, 7) is 12.4. The van der Waals surface area contributed by atoms with E-state index in [4.69, 9.17) is 0 Å². The van der Waals surface area contributed by atoms with Crippen LogP contribution >= 0.6 is 11.3 Å². The zero-order valence-corrected chi connectivity index (χ0v) is 14.1. The molecule has 0 unspecified atom stereocenters. The summed E-state index contributed by atoms with van der Waals surface area (Å²) in [5.74, 6) is 0. The van der Waals surface area contributed by atoms with Gasteiger partial charge in [0.1, 0.15) is 0 Å². The van der Waals surface area contributed by atoms with Crippen LogP contribution in [-0.2, 0) is 12.0 Å². The molecule has 2 rings (SSSR count). The highest BCUT2D eigenvalue weighted by atomic mass is 32.1. The molecule has 0 bridgehead atoms. The van der Waals surface area contributed by atoms with Crippen LogP contribution in [0.4, 0.5) is 0 Å². The first-order valence-corrected chi connectivity index (χ1v) is 8.49. The average molecular weight is 296 g/mol. The number of nitrogens with zero attached hydrogens (tertiary/aromatic N) is 2. The molecule has 4 heteroatoms. The van der Waals surface area contributed by atoms with Crippen LogP contribution in [0.1, 0.15) is 56.8 Å². The lowest BCUT2D eigenvalue weighted by Crippen LogP contribution is -2.41. The Morgan fingerprint density at radius 1 is 1.35 bits per heavy atom. The third-order valence-corrected chi connectivity index (χ3v) is 5.98. The summed E-state index contributed by atoms with van der Waals surface area (Å²) in [5.41, 5.74) is 0.333. The molecule has 1 fully saturated rings. The van der Waals surface area contributed by atoms with Crippen molar-refractivity contribution < 1.29 is 5.11 Å². The summed E-state index contributed by atoms with van der Waals surface area (Å²) < 4.78 is 0. The zero-order valence-electron chi connectivity index (χ0n) is 13.3. The topological polar surface area (TPSA) is 36.4 Å². The van der Waals surface area contributed by atoms with Crippen LogP contribution < -0.4 is 0 Å². The van der Waals surface area contributed by atoms with Crippen molar-refractivity contribution in [2.75, 3.05) is 19.7 Å². The van der Waals surface area contributed by atoms with Gasteiger partial charge in [0, 0.05) is 29.6 Å². The lowest BCUT2D eigenvalue weighted by Gasteiger charge is -2.40. The van der Waals surface area contributed by atoms with Gasteiger partial charge in [0.2, 0.25) is 0 Å². The number of aromatic nitrogens is 1. The van der Waals surface area contributed by atoms with Gasteiger partial charge in [-0.1, -0.05) is 27.7 Å². The Balaban J connectivity index is 1.91. The average Bonchev–Trinajstić information content (AvgIpc) is 2.89. The van der Waals surface area contributed by atoms with E-state index in [1.807, 2.05) is 17.5 Å². The van der Waals surface area contributed by atoms with Crippen molar-refractivity contribution in [1.82, 2.24) is 9.88 Å². The van der Waals surface area contributed by atoms with Gasteiger partial charge in [-0.15, -0.1) is 11.3 Å². The Labute approximate surface area is 127 Å². The second-order valence-electron chi connectivity index (χ2n) is 7.17. The van der Waals surface area contributed by atoms with E-state index < -0.39 is 0 Å². The number of hydrogen-bond donors (Lipinski definition) is 1. The van der Waals surface area contributed by atoms with Crippen LogP contribution in [0.3, 0.4) is 0 Å². The van der Waals surface area contributed by atoms with Gasteiger partial charge < -0.3 is 5.11 Å². The molecule has 0 aliphatic carbocycles. The number of rotatable bonds is 4. The molecule has 1 aromatic rings. The van der Waals surface area contributed by atoms with Crippen molar-refractivity contribution in [3.63, 3.8) is 0 Å². The molecule has 1 N–H and O–H groups in total. The summed E-state index contributed by atoms with van der Waals surface area (Å²) in [4.78, 5) is 8.43. The standard InChI is InChI=1S/C16H28N2OS/c1-5-16(12-19)6-8-18(9-7-16)11-13-10-17-14(20-13)15(2,3)4/h10,19H,5-9,11-12H2,1-4H3. The summed E-state index contributed by atoms with van der Waals surface area (Å²) in [5, 5.41) is 10.8. The van der Waals surface area contributed by atoms with Crippen LogP contribution in [0.25, 0.3) is 0 Å². The van der Waals surface area contributed by atoms with Gasteiger partial charge in [0.15, 0.2) is 0 Å². The molecule has 0 atom stereocenters. The van der Waals surface area contributed by atoms with Gasteiger partial charge in [-0.2, -0.15) is 0 Å². The molecular formula is C16H28N2OS.